The number of rotatable bonds is 7. The summed E-state index contributed by atoms with van der Waals surface area (Å²) in [7, 11) is 0. The van der Waals surface area contributed by atoms with Crippen LogP contribution in [0.4, 0.5) is 0 Å². The number of primary amides is 1. The van der Waals surface area contributed by atoms with Gasteiger partial charge in [-0.25, -0.2) is 0 Å². The van der Waals surface area contributed by atoms with Gasteiger partial charge in [0.2, 0.25) is 5.91 Å². The lowest BCUT2D eigenvalue weighted by molar-refractivity contribution is -0.139. The average molecular weight is 201 g/mol. The Bertz CT molecular complexity index is 230. The number of carbonyl (C=O) groups excluding carboxylic acids is 1. The number of amides is 1. The van der Waals surface area contributed by atoms with Crippen molar-refractivity contribution in [3.05, 3.63) is 12.7 Å². The van der Waals surface area contributed by atoms with Crippen LogP contribution < -0.4 is 16.8 Å². The SMILES string of the molecule is C=CC(N)NC(CCC(N)=O)C(=O)O. The average Bonchev–Trinajstić information content (AvgIpc) is 2.10. The predicted molar refractivity (Wildman–Crippen MR) is 51.2 cm³/mol. The van der Waals surface area contributed by atoms with Crippen molar-refractivity contribution in [1.29, 1.82) is 0 Å². The summed E-state index contributed by atoms with van der Waals surface area (Å²) in [5.74, 6) is -1.60. The first-order valence-corrected chi connectivity index (χ1v) is 4.12. The highest BCUT2D eigenvalue weighted by Gasteiger charge is 2.18. The molecule has 0 aromatic heterocycles. The summed E-state index contributed by atoms with van der Waals surface area (Å²) < 4.78 is 0. The molecular formula is C8H15N3O3. The largest absolute Gasteiger partial charge is 0.480 e. The van der Waals surface area contributed by atoms with Crippen molar-refractivity contribution < 1.29 is 14.7 Å². The van der Waals surface area contributed by atoms with Crippen LogP contribution in [0.15, 0.2) is 12.7 Å². The van der Waals surface area contributed by atoms with Gasteiger partial charge in [0.15, 0.2) is 0 Å². The van der Waals surface area contributed by atoms with Crippen molar-refractivity contribution in [2.45, 2.75) is 25.0 Å². The molecule has 6 heteroatoms. The first-order valence-electron chi connectivity index (χ1n) is 4.12. The van der Waals surface area contributed by atoms with Gasteiger partial charge in [-0.2, -0.15) is 0 Å². The van der Waals surface area contributed by atoms with Crippen LogP contribution >= 0.6 is 0 Å². The normalized spacial score (nSPS) is 14.4. The molecule has 6 nitrogen and oxygen atoms in total. The predicted octanol–water partition coefficient (Wildman–Crippen LogP) is -1.23. The van der Waals surface area contributed by atoms with E-state index in [-0.39, 0.29) is 12.8 Å². The van der Waals surface area contributed by atoms with E-state index in [1.54, 1.807) is 0 Å². The van der Waals surface area contributed by atoms with Gasteiger partial charge in [0.1, 0.15) is 6.04 Å². The van der Waals surface area contributed by atoms with E-state index in [2.05, 4.69) is 11.9 Å². The third kappa shape index (κ3) is 5.28. The molecule has 0 fully saturated rings. The van der Waals surface area contributed by atoms with Crippen molar-refractivity contribution in [3.63, 3.8) is 0 Å². The van der Waals surface area contributed by atoms with E-state index in [9.17, 15) is 9.59 Å². The highest BCUT2D eigenvalue weighted by Crippen LogP contribution is 1.97. The fourth-order valence-electron chi connectivity index (χ4n) is 0.865. The number of nitrogens with one attached hydrogen (secondary N) is 1. The van der Waals surface area contributed by atoms with Crippen molar-refractivity contribution in [1.82, 2.24) is 5.32 Å². The lowest BCUT2D eigenvalue weighted by atomic mass is 10.1. The smallest absolute Gasteiger partial charge is 0.320 e. The van der Waals surface area contributed by atoms with Crippen molar-refractivity contribution in [2.24, 2.45) is 11.5 Å². The third-order valence-electron chi connectivity index (χ3n) is 1.63. The molecule has 0 radical (unpaired) electrons. The standard InChI is InChI=1S/C8H15N3O3/c1-2-6(9)11-5(8(13)14)3-4-7(10)12/h2,5-6,11H,1,3-4,9H2,(H2,10,12)(H,13,14). The van der Waals surface area contributed by atoms with Crippen LogP contribution in [0.2, 0.25) is 0 Å². The van der Waals surface area contributed by atoms with Gasteiger partial charge in [-0.3, -0.25) is 14.9 Å². The number of hydrogen-bond acceptors (Lipinski definition) is 4. The van der Waals surface area contributed by atoms with Gasteiger partial charge < -0.3 is 16.6 Å². The molecule has 0 bridgehead atoms. The van der Waals surface area contributed by atoms with Gasteiger partial charge >= 0.3 is 5.97 Å². The molecule has 0 aromatic rings. The second-order valence-electron chi connectivity index (χ2n) is 2.82. The van der Waals surface area contributed by atoms with Crippen LogP contribution in [0.3, 0.4) is 0 Å². The van der Waals surface area contributed by atoms with Crippen molar-refractivity contribution in [3.8, 4) is 0 Å². The summed E-state index contributed by atoms with van der Waals surface area (Å²) in [6.07, 6.45) is 0.893. The fourth-order valence-corrected chi connectivity index (χ4v) is 0.865. The van der Waals surface area contributed by atoms with Gasteiger partial charge in [0.25, 0.3) is 0 Å². The summed E-state index contributed by atoms with van der Waals surface area (Å²) in [5.41, 5.74) is 10.3. The van der Waals surface area contributed by atoms with Crippen molar-refractivity contribution >= 4 is 11.9 Å². The summed E-state index contributed by atoms with van der Waals surface area (Å²) in [6, 6.07) is -0.879. The number of carboxylic acids is 1. The number of carboxylic acid groups (broad SMARTS) is 1. The molecule has 1 amide bonds. The molecule has 0 saturated carbocycles. The van der Waals surface area contributed by atoms with Gasteiger partial charge in [0, 0.05) is 6.42 Å². The lowest BCUT2D eigenvalue weighted by Gasteiger charge is -2.16. The molecule has 0 aliphatic carbocycles. The Hall–Kier alpha value is -1.40. The van der Waals surface area contributed by atoms with Gasteiger partial charge in [-0.15, -0.1) is 6.58 Å². The molecule has 0 aliphatic heterocycles. The highest BCUT2D eigenvalue weighted by molar-refractivity contribution is 5.77. The molecular weight excluding hydrogens is 186 g/mol. The first-order chi connectivity index (χ1) is 6.47. The molecule has 0 spiro atoms. The first kappa shape index (κ1) is 12.6. The molecule has 14 heavy (non-hydrogen) atoms. The summed E-state index contributed by atoms with van der Waals surface area (Å²) in [4.78, 5) is 21.1. The van der Waals surface area contributed by atoms with Crippen LogP contribution in [-0.4, -0.2) is 29.2 Å². The van der Waals surface area contributed by atoms with Crippen LogP contribution in [0.5, 0.6) is 0 Å². The molecule has 0 heterocycles. The van der Waals surface area contributed by atoms with E-state index in [0.29, 0.717) is 0 Å². The molecule has 2 unspecified atom stereocenters. The monoisotopic (exact) mass is 201 g/mol. The summed E-state index contributed by atoms with van der Waals surface area (Å²) >= 11 is 0. The van der Waals surface area contributed by atoms with Crippen LogP contribution in [0, 0.1) is 0 Å². The van der Waals surface area contributed by atoms with Crippen LogP contribution in [0.25, 0.3) is 0 Å². The maximum absolute atomic E-state index is 10.7. The van der Waals surface area contributed by atoms with E-state index in [4.69, 9.17) is 16.6 Å². The van der Waals surface area contributed by atoms with Gasteiger partial charge in [-0.05, 0) is 6.42 Å². The Morgan fingerprint density at radius 1 is 1.57 bits per heavy atom. The molecule has 0 saturated heterocycles. The Morgan fingerprint density at radius 2 is 2.14 bits per heavy atom. The maximum atomic E-state index is 10.7. The van der Waals surface area contributed by atoms with E-state index in [1.807, 2.05) is 0 Å². The minimum absolute atomic E-state index is 0.00777. The zero-order valence-corrected chi connectivity index (χ0v) is 7.77. The van der Waals surface area contributed by atoms with E-state index in [1.165, 1.54) is 6.08 Å². The van der Waals surface area contributed by atoms with Crippen LogP contribution in [-0.2, 0) is 9.59 Å². The quantitative estimate of drug-likeness (QED) is 0.303. The molecule has 0 rings (SSSR count). The van der Waals surface area contributed by atoms with E-state index >= 15 is 0 Å². The fraction of sp³-hybridized carbons (Fsp3) is 0.500. The Kier molecular flexibility index (Phi) is 5.50. The number of aliphatic carboxylic acids is 1. The second-order valence-corrected chi connectivity index (χ2v) is 2.82. The Morgan fingerprint density at radius 3 is 2.50 bits per heavy atom. The van der Waals surface area contributed by atoms with E-state index in [0.717, 1.165) is 0 Å². The zero-order chi connectivity index (χ0) is 11.1. The van der Waals surface area contributed by atoms with Gasteiger partial charge in [-0.1, -0.05) is 6.08 Å². The number of carbonyl (C=O) groups is 2. The summed E-state index contributed by atoms with van der Waals surface area (Å²) in [6.45, 7) is 3.40. The second kappa shape index (κ2) is 6.11. The minimum atomic E-state index is -1.07. The van der Waals surface area contributed by atoms with Gasteiger partial charge in [0.05, 0.1) is 6.17 Å². The third-order valence-corrected chi connectivity index (χ3v) is 1.63. The molecule has 80 valence electrons. The van der Waals surface area contributed by atoms with E-state index < -0.39 is 24.1 Å². The lowest BCUT2D eigenvalue weighted by Crippen LogP contribution is -2.47. The maximum Gasteiger partial charge on any atom is 0.320 e. The zero-order valence-electron chi connectivity index (χ0n) is 7.77. The highest BCUT2D eigenvalue weighted by atomic mass is 16.4. The topological polar surface area (TPSA) is 118 Å². The Balaban J connectivity index is 4.08. The number of hydrogen-bond donors (Lipinski definition) is 4. The number of nitrogens with two attached hydrogens (primary N) is 2. The van der Waals surface area contributed by atoms with Crippen LogP contribution in [0.1, 0.15) is 12.8 Å². The Labute approximate surface area is 82.0 Å². The minimum Gasteiger partial charge on any atom is -0.480 e. The molecule has 0 aliphatic rings. The summed E-state index contributed by atoms with van der Waals surface area (Å²) in [5, 5.41) is 11.3. The molecule has 6 N–H and O–H groups in total. The molecule has 2 atom stereocenters. The molecule has 0 aromatic carbocycles. The van der Waals surface area contributed by atoms with Crippen molar-refractivity contribution in [2.75, 3.05) is 0 Å².